The molecule has 142 valence electrons. The molecule has 1 unspecified atom stereocenters. The van der Waals surface area contributed by atoms with E-state index in [2.05, 4.69) is 49.1 Å². The van der Waals surface area contributed by atoms with Crippen LogP contribution in [-0.2, 0) is 0 Å². The monoisotopic (exact) mass is 381 g/mol. The zero-order valence-electron chi connectivity index (χ0n) is 16.5. The highest BCUT2D eigenvalue weighted by Gasteiger charge is 2.17. The van der Waals surface area contributed by atoms with Crippen molar-refractivity contribution in [1.29, 1.82) is 0 Å². The van der Waals surface area contributed by atoms with Crippen LogP contribution in [0.1, 0.15) is 48.1 Å². The summed E-state index contributed by atoms with van der Waals surface area (Å²) in [5.74, 6) is 0.173. The van der Waals surface area contributed by atoms with E-state index in [0.29, 0.717) is 0 Å². The van der Waals surface area contributed by atoms with Gasteiger partial charge in [-0.3, -0.25) is 9.98 Å². The molecular formula is C23H28ClN3. The molecule has 0 spiro atoms. The fourth-order valence-corrected chi connectivity index (χ4v) is 3.44. The third-order valence-corrected chi connectivity index (χ3v) is 4.95. The van der Waals surface area contributed by atoms with Crippen LogP contribution in [0.2, 0.25) is 5.02 Å². The standard InChI is InChI=1S/C23H28ClN3/c1-6-27(16-25-5)14-8-10-17(2)22-15-20(24)11-12-21(22)19(4)23-18(3)9-7-13-26-23/h6-7,9,11-13,15-16,19H,1-2,8,10,14H2,3-5H3. The largest absolute Gasteiger partial charge is 0.340 e. The van der Waals surface area contributed by atoms with Gasteiger partial charge in [-0.15, -0.1) is 0 Å². The van der Waals surface area contributed by atoms with E-state index in [1.165, 1.54) is 11.1 Å². The van der Waals surface area contributed by atoms with Gasteiger partial charge < -0.3 is 4.90 Å². The Morgan fingerprint density at radius 2 is 2.15 bits per heavy atom. The predicted molar refractivity (Wildman–Crippen MR) is 118 cm³/mol. The Balaban J connectivity index is 2.21. The van der Waals surface area contributed by atoms with E-state index in [4.69, 9.17) is 11.6 Å². The quantitative estimate of drug-likeness (QED) is 0.388. The minimum absolute atomic E-state index is 0.173. The van der Waals surface area contributed by atoms with Crippen molar-refractivity contribution in [2.45, 2.75) is 32.6 Å². The number of nitrogens with zero attached hydrogens (tertiary/aromatic N) is 3. The lowest BCUT2D eigenvalue weighted by atomic mass is 9.87. The summed E-state index contributed by atoms with van der Waals surface area (Å²) in [7, 11) is 1.76. The summed E-state index contributed by atoms with van der Waals surface area (Å²) in [6.45, 7) is 13.3. The molecule has 0 bridgehead atoms. The molecular weight excluding hydrogens is 354 g/mol. The fraction of sp³-hybridized carbons (Fsp3) is 0.304. The Morgan fingerprint density at radius 3 is 2.81 bits per heavy atom. The van der Waals surface area contributed by atoms with Crippen LogP contribution in [0, 0.1) is 6.92 Å². The van der Waals surface area contributed by atoms with Gasteiger partial charge in [0.05, 0.1) is 12.0 Å². The van der Waals surface area contributed by atoms with E-state index in [1.54, 1.807) is 19.6 Å². The average Bonchev–Trinajstić information content (AvgIpc) is 2.67. The van der Waals surface area contributed by atoms with Gasteiger partial charge in [-0.2, -0.15) is 0 Å². The number of benzene rings is 1. The molecule has 1 atom stereocenters. The second kappa shape index (κ2) is 10.1. The van der Waals surface area contributed by atoms with E-state index < -0.39 is 0 Å². The highest BCUT2D eigenvalue weighted by Crippen LogP contribution is 2.34. The molecule has 1 aromatic carbocycles. The molecule has 2 rings (SSSR count). The van der Waals surface area contributed by atoms with Crippen LogP contribution >= 0.6 is 11.6 Å². The highest BCUT2D eigenvalue weighted by molar-refractivity contribution is 6.30. The summed E-state index contributed by atoms with van der Waals surface area (Å²) in [4.78, 5) is 10.6. The van der Waals surface area contributed by atoms with Crippen molar-refractivity contribution in [2.75, 3.05) is 13.6 Å². The first kappa shape index (κ1) is 20.9. The predicted octanol–water partition coefficient (Wildman–Crippen LogP) is 6.09. The molecule has 0 fully saturated rings. The number of aliphatic imine (C=N–C) groups is 1. The first-order chi connectivity index (χ1) is 13.0. The van der Waals surface area contributed by atoms with Crippen LogP contribution in [0.4, 0.5) is 0 Å². The van der Waals surface area contributed by atoms with E-state index in [1.807, 2.05) is 29.3 Å². The zero-order chi connectivity index (χ0) is 19.8. The number of allylic oxidation sites excluding steroid dienone is 1. The zero-order valence-corrected chi connectivity index (χ0v) is 17.2. The summed E-state index contributed by atoms with van der Waals surface area (Å²) in [6, 6.07) is 10.1. The van der Waals surface area contributed by atoms with Crippen LogP contribution in [-0.4, -0.2) is 29.8 Å². The minimum Gasteiger partial charge on any atom is -0.340 e. The number of rotatable bonds is 9. The number of aryl methyl sites for hydroxylation is 1. The van der Waals surface area contributed by atoms with E-state index in [9.17, 15) is 0 Å². The molecule has 0 aliphatic carbocycles. The molecule has 0 N–H and O–H groups in total. The van der Waals surface area contributed by atoms with Crippen molar-refractivity contribution >= 4 is 23.5 Å². The number of hydrogen-bond acceptors (Lipinski definition) is 2. The average molecular weight is 382 g/mol. The van der Waals surface area contributed by atoms with Gasteiger partial charge in [0.25, 0.3) is 0 Å². The Kier molecular flexibility index (Phi) is 7.81. The van der Waals surface area contributed by atoms with Crippen LogP contribution in [0.5, 0.6) is 0 Å². The van der Waals surface area contributed by atoms with Gasteiger partial charge in [0.2, 0.25) is 0 Å². The topological polar surface area (TPSA) is 28.5 Å². The molecule has 0 aliphatic heterocycles. The number of pyridine rings is 1. The Hall–Kier alpha value is -2.39. The third-order valence-electron chi connectivity index (χ3n) is 4.72. The second-order valence-electron chi connectivity index (χ2n) is 6.66. The summed E-state index contributed by atoms with van der Waals surface area (Å²) in [6.07, 6.45) is 7.25. The molecule has 0 aliphatic rings. The third kappa shape index (κ3) is 5.54. The van der Waals surface area contributed by atoms with Crippen molar-refractivity contribution in [3.8, 4) is 0 Å². The lowest BCUT2D eigenvalue weighted by Crippen LogP contribution is -2.16. The van der Waals surface area contributed by atoms with Gasteiger partial charge in [0.15, 0.2) is 0 Å². The molecule has 0 amide bonds. The van der Waals surface area contributed by atoms with Gasteiger partial charge >= 0.3 is 0 Å². The summed E-state index contributed by atoms with van der Waals surface area (Å²) in [5.41, 5.74) is 5.70. The molecule has 0 saturated carbocycles. The molecule has 4 heteroatoms. The Labute approximate surface area is 168 Å². The van der Waals surface area contributed by atoms with Crippen molar-refractivity contribution < 1.29 is 0 Å². The maximum atomic E-state index is 6.30. The van der Waals surface area contributed by atoms with Crippen molar-refractivity contribution in [2.24, 2.45) is 4.99 Å². The van der Waals surface area contributed by atoms with Crippen LogP contribution in [0.3, 0.4) is 0 Å². The van der Waals surface area contributed by atoms with Crippen molar-refractivity contribution in [3.05, 3.63) is 83.3 Å². The van der Waals surface area contributed by atoms with Crippen LogP contribution in [0.15, 0.2) is 60.9 Å². The van der Waals surface area contributed by atoms with E-state index in [-0.39, 0.29) is 5.92 Å². The molecule has 27 heavy (non-hydrogen) atoms. The van der Waals surface area contributed by atoms with Gasteiger partial charge in [-0.05, 0) is 66.4 Å². The highest BCUT2D eigenvalue weighted by atomic mass is 35.5. The smallest absolute Gasteiger partial charge is 0.0885 e. The lowest BCUT2D eigenvalue weighted by molar-refractivity contribution is 0.552. The minimum atomic E-state index is 0.173. The second-order valence-corrected chi connectivity index (χ2v) is 7.10. The van der Waals surface area contributed by atoms with Crippen molar-refractivity contribution in [3.63, 3.8) is 0 Å². The number of aromatic nitrogens is 1. The first-order valence-corrected chi connectivity index (χ1v) is 9.55. The van der Waals surface area contributed by atoms with Gasteiger partial charge in [0.1, 0.15) is 0 Å². The Bertz CT molecular complexity index is 826. The summed E-state index contributed by atoms with van der Waals surface area (Å²) in [5, 5.41) is 0.727. The SMILES string of the molecule is C=CN(C=NC)CCCC(=C)c1cc(Cl)ccc1C(C)c1ncccc1C. The lowest BCUT2D eigenvalue weighted by Gasteiger charge is -2.20. The van der Waals surface area contributed by atoms with Crippen LogP contribution < -0.4 is 0 Å². The molecule has 0 radical (unpaired) electrons. The van der Waals surface area contributed by atoms with Crippen LogP contribution in [0.25, 0.3) is 5.57 Å². The summed E-state index contributed by atoms with van der Waals surface area (Å²) < 4.78 is 0. The van der Waals surface area contributed by atoms with E-state index >= 15 is 0 Å². The maximum Gasteiger partial charge on any atom is 0.0885 e. The van der Waals surface area contributed by atoms with Gasteiger partial charge in [-0.25, -0.2) is 0 Å². The van der Waals surface area contributed by atoms with Gasteiger partial charge in [-0.1, -0.05) is 43.8 Å². The molecule has 3 nitrogen and oxygen atoms in total. The number of halogens is 1. The summed E-state index contributed by atoms with van der Waals surface area (Å²) >= 11 is 6.30. The van der Waals surface area contributed by atoms with Crippen molar-refractivity contribution in [1.82, 2.24) is 9.88 Å². The maximum absolute atomic E-state index is 6.30. The molecule has 1 heterocycles. The molecule has 0 saturated heterocycles. The Morgan fingerprint density at radius 1 is 1.37 bits per heavy atom. The first-order valence-electron chi connectivity index (χ1n) is 9.17. The molecule has 2 aromatic rings. The number of hydrogen-bond donors (Lipinski definition) is 0. The van der Waals surface area contributed by atoms with Gasteiger partial charge in [0, 0.05) is 30.7 Å². The fourth-order valence-electron chi connectivity index (χ4n) is 3.26. The normalized spacial score (nSPS) is 12.1. The van der Waals surface area contributed by atoms with E-state index in [0.717, 1.165) is 41.2 Å². The molecule has 1 aromatic heterocycles.